The van der Waals surface area contributed by atoms with E-state index >= 15 is 0 Å². The van der Waals surface area contributed by atoms with Gasteiger partial charge in [0.1, 0.15) is 0 Å². The third-order valence-corrected chi connectivity index (χ3v) is 4.34. The molecule has 1 heterocycles. The van der Waals surface area contributed by atoms with Crippen LogP contribution in [0.2, 0.25) is 0 Å². The molecule has 0 aromatic heterocycles. The van der Waals surface area contributed by atoms with Crippen molar-refractivity contribution in [1.82, 2.24) is 4.90 Å². The zero-order valence-electron chi connectivity index (χ0n) is 10.4. The fourth-order valence-electron chi connectivity index (χ4n) is 3.51. The lowest BCUT2D eigenvalue weighted by atomic mass is 9.98. The molecule has 0 unspecified atom stereocenters. The van der Waals surface area contributed by atoms with E-state index in [1.54, 1.807) is 0 Å². The molecule has 0 spiro atoms. The van der Waals surface area contributed by atoms with Gasteiger partial charge >= 0.3 is 0 Å². The van der Waals surface area contributed by atoms with Gasteiger partial charge in [0, 0.05) is 30.6 Å². The molecule has 2 aliphatic rings. The van der Waals surface area contributed by atoms with E-state index in [0.717, 1.165) is 32.0 Å². The first-order valence-corrected chi connectivity index (χ1v) is 6.67. The summed E-state index contributed by atoms with van der Waals surface area (Å²) in [6.07, 6.45) is 2.30. The van der Waals surface area contributed by atoms with Gasteiger partial charge in [0.15, 0.2) is 0 Å². The van der Waals surface area contributed by atoms with E-state index in [9.17, 15) is 0 Å². The molecule has 0 amide bonds. The summed E-state index contributed by atoms with van der Waals surface area (Å²) in [5.74, 6) is 1.33. The SMILES string of the molecule is [N-]=[N+]=N[C@H]1CC[C@@H]2CN(Cc3ccccc3)C[C@@H]21. The van der Waals surface area contributed by atoms with Gasteiger partial charge in [-0.25, -0.2) is 0 Å². The molecule has 0 bridgehead atoms. The highest BCUT2D eigenvalue weighted by atomic mass is 15.2. The van der Waals surface area contributed by atoms with E-state index in [-0.39, 0.29) is 6.04 Å². The van der Waals surface area contributed by atoms with Crippen LogP contribution in [0.3, 0.4) is 0 Å². The van der Waals surface area contributed by atoms with Gasteiger partial charge in [-0.3, -0.25) is 4.90 Å². The molecule has 0 N–H and O–H groups in total. The Balaban J connectivity index is 1.64. The summed E-state index contributed by atoms with van der Waals surface area (Å²) in [5, 5.41) is 3.96. The summed E-state index contributed by atoms with van der Waals surface area (Å²) in [6.45, 7) is 3.27. The van der Waals surface area contributed by atoms with Crippen molar-refractivity contribution in [3.63, 3.8) is 0 Å². The van der Waals surface area contributed by atoms with Crippen LogP contribution in [0.4, 0.5) is 0 Å². The van der Waals surface area contributed by atoms with Gasteiger partial charge < -0.3 is 0 Å². The van der Waals surface area contributed by atoms with E-state index in [4.69, 9.17) is 5.53 Å². The second-order valence-electron chi connectivity index (χ2n) is 5.45. The van der Waals surface area contributed by atoms with Crippen molar-refractivity contribution in [2.45, 2.75) is 25.4 Å². The van der Waals surface area contributed by atoms with Crippen molar-refractivity contribution in [2.24, 2.45) is 17.0 Å². The Kier molecular flexibility index (Phi) is 3.22. The number of nitrogens with zero attached hydrogens (tertiary/aromatic N) is 4. The van der Waals surface area contributed by atoms with Gasteiger partial charge in [-0.05, 0) is 35.8 Å². The number of hydrogen-bond donors (Lipinski definition) is 0. The Bertz CT molecular complexity index is 452. The maximum Gasteiger partial charge on any atom is 0.0417 e. The molecule has 2 fully saturated rings. The summed E-state index contributed by atoms with van der Waals surface area (Å²) in [7, 11) is 0. The fourth-order valence-corrected chi connectivity index (χ4v) is 3.51. The van der Waals surface area contributed by atoms with Crippen LogP contribution in [0, 0.1) is 11.8 Å². The summed E-state index contributed by atoms with van der Waals surface area (Å²) < 4.78 is 0. The van der Waals surface area contributed by atoms with Gasteiger partial charge in [0.2, 0.25) is 0 Å². The van der Waals surface area contributed by atoms with E-state index in [2.05, 4.69) is 45.3 Å². The van der Waals surface area contributed by atoms with Gasteiger partial charge in [0.25, 0.3) is 0 Å². The van der Waals surface area contributed by atoms with Crippen LogP contribution in [-0.4, -0.2) is 24.0 Å². The smallest absolute Gasteiger partial charge is 0.0417 e. The minimum atomic E-state index is 0.237. The van der Waals surface area contributed by atoms with Gasteiger partial charge in [-0.15, -0.1) is 0 Å². The first kappa shape index (κ1) is 11.6. The monoisotopic (exact) mass is 242 g/mol. The first-order chi connectivity index (χ1) is 8.86. The topological polar surface area (TPSA) is 52.0 Å². The van der Waals surface area contributed by atoms with Crippen LogP contribution in [0.1, 0.15) is 18.4 Å². The van der Waals surface area contributed by atoms with E-state index in [1.807, 2.05) is 0 Å². The lowest BCUT2D eigenvalue weighted by Crippen LogP contribution is -2.23. The zero-order chi connectivity index (χ0) is 12.4. The molecule has 1 aromatic rings. The maximum atomic E-state index is 8.59. The number of fused-ring (bicyclic) bond motifs is 1. The second-order valence-corrected chi connectivity index (χ2v) is 5.45. The molecular weight excluding hydrogens is 224 g/mol. The molecule has 1 saturated carbocycles. The first-order valence-electron chi connectivity index (χ1n) is 6.67. The average molecular weight is 242 g/mol. The number of hydrogen-bond acceptors (Lipinski definition) is 2. The number of benzene rings is 1. The molecular formula is C14H18N4. The summed E-state index contributed by atoms with van der Waals surface area (Å²) in [4.78, 5) is 5.50. The summed E-state index contributed by atoms with van der Waals surface area (Å²) >= 11 is 0. The van der Waals surface area contributed by atoms with Crippen molar-refractivity contribution in [3.05, 3.63) is 46.3 Å². The lowest BCUT2D eigenvalue weighted by molar-refractivity contribution is 0.298. The second kappa shape index (κ2) is 5.01. The molecule has 4 heteroatoms. The predicted octanol–water partition coefficient (Wildman–Crippen LogP) is 3.21. The van der Waals surface area contributed by atoms with E-state index in [1.165, 1.54) is 12.0 Å². The average Bonchev–Trinajstić information content (AvgIpc) is 2.93. The maximum absolute atomic E-state index is 8.59. The Hall–Kier alpha value is -1.51. The van der Waals surface area contributed by atoms with Gasteiger partial charge in [-0.1, -0.05) is 35.4 Å². The highest BCUT2D eigenvalue weighted by Crippen LogP contribution is 2.40. The molecule has 0 radical (unpaired) electrons. The minimum Gasteiger partial charge on any atom is -0.299 e. The molecule has 1 aromatic carbocycles. The quantitative estimate of drug-likeness (QED) is 0.456. The van der Waals surface area contributed by atoms with Crippen molar-refractivity contribution in [2.75, 3.05) is 13.1 Å². The van der Waals surface area contributed by atoms with Crippen LogP contribution < -0.4 is 0 Å². The van der Waals surface area contributed by atoms with Crippen LogP contribution >= 0.6 is 0 Å². The fraction of sp³-hybridized carbons (Fsp3) is 0.571. The third kappa shape index (κ3) is 2.22. The molecule has 1 aliphatic heterocycles. The number of likely N-dealkylation sites (tertiary alicyclic amines) is 1. The van der Waals surface area contributed by atoms with E-state index in [0.29, 0.717) is 5.92 Å². The highest BCUT2D eigenvalue weighted by molar-refractivity contribution is 5.15. The molecule has 4 nitrogen and oxygen atoms in total. The molecule has 3 atom stereocenters. The van der Waals surface area contributed by atoms with Crippen LogP contribution in [0.15, 0.2) is 35.4 Å². The number of rotatable bonds is 3. The predicted molar refractivity (Wildman–Crippen MR) is 70.9 cm³/mol. The molecule has 94 valence electrons. The number of azide groups is 1. The Labute approximate surface area is 107 Å². The third-order valence-electron chi connectivity index (χ3n) is 4.34. The van der Waals surface area contributed by atoms with Crippen LogP contribution in [0.25, 0.3) is 10.4 Å². The summed E-state index contributed by atoms with van der Waals surface area (Å²) in [5.41, 5.74) is 9.97. The molecule has 1 aliphatic carbocycles. The van der Waals surface area contributed by atoms with Crippen LogP contribution in [0.5, 0.6) is 0 Å². The minimum absolute atomic E-state index is 0.237. The van der Waals surface area contributed by atoms with Crippen LogP contribution in [-0.2, 0) is 6.54 Å². The molecule has 18 heavy (non-hydrogen) atoms. The summed E-state index contributed by atoms with van der Waals surface area (Å²) in [6, 6.07) is 10.8. The molecule has 1 saturated heterocycles. The Morgan fingerprint density at radius 3 is 2.83 bits per heavy atom. The largest absolute Gasteiger partial charge is 0.299 e. The Morgan fingerprint density at radius 1 is 1.22 bits per heavy atom. The van der Waals surface area contributed by atoms with E-state index < -0.39 is 0 Å². The van der Waals surface area contributed by atoms with Crippen molar-refractivity contribution >= 4 is 0 Å². The standard InChI is InChI=1S/C14H18N4/c15-17-16-14-7-6-12-9-18(10-13(12)14)8-11-4-2-1-3-5-11/h1-5,12-14H,6-10H2/t12-,13+,14+/m1/s1. The molecule has 3 rings (SSSR count). The van der Waals surface area contributed by atoms with Crippen molar-refractivity contribution < 1.29 is 0 Å². The van der Waals surface area contributed by atoms with Crippen molar-refractivity contribution in [3.8, 4) is 0 Å². The zero-order valence-corrected chi connectivity index (χ0v) is 10.4. The normalized spacial score (nSPS) is 31.0. The van der Waals surface area contributed by atoms with Gasteiger partial charge in [-0.2, -0.15) is 0 Å². The van der Waals surface area contributed by atoms with Gasteiger partial charge in [0.05, 0.1) is 0 Å². The lowest BCUT2D eigenvalue weighted by Gasteiger charge is -2.18. The van der Waals surface area contributed by atoms with Crippen molar-refractivity contribution in [1.29, 1.82) is 0 Å². The Morgan fingerprint density at radius 2 is 2.06 bits per heavy atom. The highest BCUT2D eigenvalue weighted by Gasteiger charge is 2.41.